The SMILES string of the molecule is COc1cc([N+](=O)[O-])ccc1Oc1ccc(F)cc1C#N. The van der Waals surface area contributed by atoms with Gasteiger partial charge in [-0.3, -0.25) is 10.1 Å². The number of methoxy groups -OCH3 is 1. The van der Waals surface area contributed by atoms with E-state index in [1.165, 1.54) is 31.4 Å². The lowest BCUT2D eigenvalue weighted by Gasteiger charge is -2.11. The summed E-state index contributed by atoms with van der Waals surface area (Å²) in [6.45, 7) is 0. The Kier molecular flexibility index (Phi) is 4.00. The number of halogens is 1. The monoisotopic (exact) mass is 288 g/mol. The van der Waals surface area contributed by atoms with Gasteiger partial charge in [-0.15, -0.1) is 0 Å². The third-order valence-electron chi connectivity index (χ3n) is 2.64. The number of rotatable bonds is 4. The van der Waals surface area contributed by atoms with Gasteiger partial charge in [0.05, 0.1) is 23.7 Å². The van der Waals surface area contributed by atoms with Crippen molar-refractivity contribution in [2.24, 2.45) is 0 Å². The largest absolute Gasteiger partial charge is 0.493 e. The molecule has 21 heavy (non-hydrogen) atoms. The van der Waals surface area contributed by atoms with E-state index in [4.69, 9.17) is 14.7 Å². The van der Waals surface area contributed by atoms with Crippen LogP contribution in [-0.4, -0.2) is 12.0 Å². The third-order valence-corrected chi connectivity index (χ3v) is 2.64. The molecule has 0 unspecified atom stereocenters. The van der Waals surface area contributed by atoms with Gasteiger partial charge < -0.3 is 9.47 Å². The summed E-state index contributed by atoms with van der Waals surface area (Å²) in [6.07, 6.45) is 0. The molecule has 0 fully saturated rings. The number of hydrogen-bond acceptors (Lipinski definition) is 5. The van der Waals surface area contributed by atoms with Crippen LogP contribution in [0.3, 0.4) is 0 Å². The van der Waals surface area contributed by atoms with Crippen molar-refractivity contribution < 1.29 is 18.8 Å². The Morgan fingerprint density at radius 3 is 2.52 bits per heavy atom. The summed E-state index contributed by atoms with van der Waals surface area (Å²) in [7, 11) is 1.34. The molecule has 0 spiro atoms. The number of nitriles is 1. The fraction of sp³-hybridized carbons (Fsp3) is 0.0714. The Labute approximate surface area is 119 Å². The smallest absolute Gasteiger partial charge is 0.273 e. The molecule has 6 nitrogen and oxygen atoms in total. The van der Waals surface area contributed by atoms with Crippen LogP contribution in [0.25, 0.3) is 0 Å². The van der Waals surface area contributed by atoms with Gasteiger partial charge in [-0.25, -0.2) is 4.39 Å². The quantitative estimate of drug-likeness (QED) is 0.635. The molecule has 2 aromatic carbocycles. The van der Waals surface area contributed by atoms with Crippen molar-refractivity contribution in [3.05, 3.63) is 57.9 Å². The van der Waals surface area contributed by atoms with E-state index in [2.05, 4.69) is 0 Å². The lowest BCUT2D eigenvalue weighted by molar-refractivity contribution is -0.384. The van der Waals surface area contributed by atoms with Crippen LogP contribution in [0.1, 0.15) is 5.56 Å². The summed E-state index contributed by atoms with van der Waals surface area (Å²) in [5.74, 6) is -0.107. The van der Waals surface area contributed by atoms with Gasteiger partial charge in [-0.05, 0) is 24.3 Å². The van der Waals surface area contributed by atoms with E-state index in [0.29, 0.717) is 0 Å². The van der Waals surface area contributed by atoms with Crippen LogP contribution >= 0.6 is 0 Å². The summed E-state index contributed by atoms with van der Waals surface area (Å²) in [5.41, 5.74) is -0.144. The van der Waals surface area contributed by atoms with Gasteiger partial charge >= 0.3 is 0 Å². The first-order valence-electron chi connectivity index (χ1n) is 5.75. The lowest BCUT2D eigenvalue weighted by atomic mass is 10.2. The fourth-order valence-electron chi connectivity index (χ4n) is 1.65. The molecule has 2 rings (SSSR count). The minimum atomic E-state index is -0.565. The Morgan fingerprint density at radius 1 is 1.19 bits per heavy atom. The molecule has 7 heteroatoms. The van der Waals surface area contributed by atoms with Crippen LogP contribution in [0.4, 0.5) is 10.1 Å². The highest BCUT2D eigenvalue weighted by atomic mass is 19.1. The number of benzene rings is 2. The Bertz CT molecular complexity index is 740. The van der Waals surface area contributed by atoms with Crippen LogP contribution in [0.2, 0.25) is 0 Å². The van der Waals surface area contributed by atoms with E-state index < -0.39 is 10.7 Å². The minimum Gasteiger partial charge on any atom is -0.493 e. The molecule has 106 valence electrons. The molecule has 0 N–H and O–H groups in total. The second-order valence-corrected chi connectivity index (χ2v) is 3.95. The summed E-state index contributed by atoms with van der Waals surface area (Å²) in [6, 6.07) is 9.08. The lowest BCUT2D eigenvalue weighted by Crippen LogP contribution is -1.95. The fourth-order valence-corrected chi connectivity index (χ4v) is 1.65. The molecule has 0 bridgehead atoms. The molecular weight excluding hydrogens is 279 g/mol. The van der Waals surface area contributed by atoms with Gasteiger partial charge in [-0.1, -0.05) is 0 Å². The van der Waals surface area contributed by atoms with Crippen LogP contribution in [0, 0.1) is 27.3 Å². The minimum absolute atomic E-state index is 0.00964. The van der Waals surface area contributed by atoms with E-state index in [0.717, 1.165) is 12.1 Å². The van der Waals surface area contributed by atoms with Crippen LogP contribution < -0.4 is 9.47 Å². The molecule has 0 aliphatic heterocycles. The Balaban J connectivity index is 2.40. The van der Waals surface area contributed by atoms with E-state index in [9.17, 15) is 14.5 Å². The maximum absolute atomic E-state index is 13.1. The van der Waals surface area contributed by atoms with E-state index in [1.54, 1.807) is 0 Å². The maximum atomic E-state index is 13.1. The number of nitro groups is 1. The molecule has 0 saturated carbocycles. The molecule has 0 heterocycles. The third kappa shape index (κ3) is 3.06. The summed E-state index contributed by atoms with van der Waals surface area (Å²) < 4.78 is 23.5. The highest BCUT2D eigenvalue weighted by Crippen LogP contribution is 2.35. The van der Waals surface area contributed by atoms with Crippen LogP contribution in [0.15, 0.2) is 36.4 Å². The van der Waals surface area contributed by atoms with Crippen LogP contribution in [-0.2, 0) is 0 Å². The Morgan fingerprint density at radius 2 is 1.90 bits per heavy atom. The van der Waals surface area contributed by atoms with Gasteiger partial charge in [-0.2, -0.15) is 5.26 Å². The topological polar surface area (TPSA) is 85.4 Å². The average molecular weight is 288 g/mol. The number of non-ortho nitro benzene ring substituents is 1. The second-order valence-electron chi connectivity index (χ2n) is 3.95. The molecular formula is C14H9FN2O4. The van der Waals surface area contributed by atoms with Crippen molar-refractivity contribution in [1.29, 1.82) is 5.26 Å². The first-order valence-corrected chi connectivity index (χ1v) is 5.75. The van der Waals surface area contributed by atoms with Crippen LogP contribution in [0.5, 0.6) is 17.2 Å². The molecule has 0 aliphatic carbocycles. The summed E-state index contributed by atoms with van der Waals surface area (Å²) >= 11 is 0. The molecule has 0 aliphatic rings. The molecule has 0 aromatic heterocycles. The van der Waals surface area contributed by atoms with Crippen molar-refractivity contribution in [3.8, 4) is 23.3 Å². The standard InChI is InChI=1S/C14H9FN2O4/c1-20-14-7-11(17(18)19)3-5-13(14)21-12-4-2-10(15)6-9(12)8-16/h2-7H,1H3. The van der Waals surface area contributed by atoms with Gasteiger partial charge in [0.15, 0.2) is 11.5 Å². The van der Waals surface area contributed by atoms with E-state index in [-0.39, 0.29) is 28.5 Å². The molecule has 0 radical (unpaired) electrons. The molecule has 0 amide bonds. The highest BCUT2D eigenvalue weighted by Gasteiger charge is 2.14. The highest BCUT2D eigenvalue weighted by molar-refractivity contribution is 5.52. The Hall–Kier alpha value is -3.14. The number of hydrogen-bond donors (Lipinski definition) is 0. The number of ether oxygens (including phenoxy) is 2. The predicted octanol–water partition coefficient (Wildman–Crippen LogP) is 3.41. The molecule has 2 aromatic rings. The van der Waals surface area contributed by atoms with Gasteiger partial charge in [0.1, 0.15) is 17.6 Å². The zero-order chi connectivity index (χ0) is 15.4. The zero-order valence-electron chi connectivity index (χ0n) is 10.9. The van der Waals surface area contributed by atoms with E-state index >= 15 is 0 Å². The van der Waals surface area contributed by atoms with Crippen molar-refractivity contribution in [1.82, 2.24) is 0 Å². The summed E-state index contributed by atoms with van der Waals surface area (Å²) in [4.78, 5) is 10.1. The van der Waals surface area contributed by atoms with Gasteiger partial charge in [0.25, 0.3) is 5.69 Å². The van der Waals surface area contributed by atoms with E-state index in [1.807, 2.05) is 6.07 Å². The first kappa shape index (κ1) is 14.3. The van der Waals surface area contributed by atoms with Crippen molar-refractivity contribution >= 4 is 5.69 Å². The zero-order valence-corrected chi connectivity index (χ0v) is 10.9. The maximum Gasteiger partial charge on any atom is 0.273 e. The van der Waals surface area contributed by atoms with Gasteiger partial charge in [0, 0.05) is 6.07 Å². The van der Waals surface area contributed by atoms with Crippen molar-refractivity contribution in [2.45, 2.75) is 0 Å². The molecule has 0 saturated heterocycles. The molecule has 0 atom stereocenters. The normalized spacial score (nSPS) is 9.76. The number of nitro benzene ring substituents is 1. The first-order chi connectivity index (χ1) is 10.0. The van der Waals surface area contributed by atoms with Gasteiger partial charge in [0.2, 0.25) is 0 Å². The van der Waals surface area contributed by atoms with Crippen molar-refractivity contribution in [2.75, 3.05) is 7.11 Å². The summed E-state index contributed by atoms with van der Waals surface area (Å²) in [5, 5.41) is 19.6. The number of nitrogens with zero attached hydrogens (tertiary/aromatic N) is 2. The average Bonchev–Trinajstić information content (AvgIpc) is 2.49. The predicted molar refractivity (Wildman–Crippen MR) is 70.8 cm³/mol. The second kappa shape index (κ2) is 5.88. The van der Waals surface area contributed by atoms with Crippen molar-refractivity contribution in [3.63, 3.8) is 0 Å².